The number of methoxy groups -OCH3 is 1. The Morgan fingerprint density at radius 1 is 1.10 bits per heavy atom. The minimum absolute atomic E-state index is 0.0210. The normalized spacial score (nSPS) is 10.1. The van der Waals surface area contributed by atoms with Gasteiger partial charge in [-0.3, -0.25) is 4.79 Å². The largest absolute Gasteiger partial charge is 0.496 e. The predicted octanol–water partition coefficient (Wildman–Crippen LogP) is 3.09. The van der Waals surface area contributed by atoms with E-state index >= 15 is 0 Å². The number of nitrogen functional groups attached to an aromatic ring is 1. The summed E-state index contributed by atoms with van der Waals surface area (Å²) in [6.07, 6.45) is 0. The van der Waals surface area contributed by atoms with Crippen LogP contribution in [-0.2, 0) is 6.61 Å². The van der Waals surface area contributed by atoms with Crippen molar-refractivity contribution in [3.05, 3.63) is 75.3 Å². The number of nitrogens with one attached hydrogen (secondary N) is 1. The Balaban J connectivity index is 2.11. The van der Waals surface area contributed by atoms with Crippen molar-refractivity contribution in [1.29, 1.82) is 10.5 Å². The van der Waals surface area contributed by atoms with E-state index < -0.39 is 11.4 Å². The predicted molar refractivity (Wildman–Crippen MR) is 104 cm³/mol. The fourth-order valence-corrected chi connectivity index (χ4v) is 2.90. The molecular weight excluding hydrogens is 375 g/mol. The molecule has 0 spiro atoms. The molecule has 0 aliphatic rings. The van der Waals surface area contributed by atoms with E-state index in [0.29, 0.717) is 16.9 Å². The van der Waals surface area contributed by atoms with Gasteiger partial charge in [0, 0.05) is 11.1 Å². The van der Waals surface area contributed by atoms with Crippen LogP contribution in [0.5, 0.6) is 11.5 Å². The highest BCUT2D eigenvalue weighted by molar-refractivity contribution is 5.80. The van der Waals surface area contributed by atoms with Gasteiger partial charge in [-0.15, -0.1) is 0 Å². The zero-order valence-corrected chi connectivity index (χ0v) is 15.3. The molecule has 3 rings (SSSR count). The Labute approximate surface area is 165 Å². The van der Waals surface area contributed by atoms with Gasteiger partial charge in [-0.05, 0) is 29.8 Å². The fraction of sp³-hybridized carbons (Fsp3) is 0.0952. The highest BCUT2D eigenvalue weighted by Gasteiger charge is 2.19. The molecular formula is C21H15FN4O3. The number of H-pyrrole nitrogens is 1. The first-order valence-electron chi connectivity index (χ1n) is 8.40. The first kappa shape index (κ1) is 19.5. The van der Waals surface area contributed by atoms with Crippen LogP contribution in [0.1, 0.15) is 16.7 Å². The SMILES string of the molecule is COc1ccc(-c2c(C#N)c(N)[nH]c(=O)c2C#N)cc1COc1ccccc1F. The second-order valence-corrected chi connectivity index (χ2v) is 5.96. The van der Waals surface area contributed by atoms with Gasteiger partial charge in [-0.25, -0.2) is 4.39 Å². The molecule has 0 aliphatic heterocycles. The molecule has 0 aliphatic carbocycles. The number of pyridine rings is 1. The summed E-state index contributed by atoms with van der Waals surface area (Å²) < 4.78 is 24.7. The Morgan fingerprint density at radius 3 is 2.48 bits per heavy atom. The molecule has 7 nitrogen and oxygen atoms in total. The summed E-state index contributed by atoms with van der Waals surface area (Å²) in [6, 6.07) is 14.5. The molecule has 1 aromatic heterocycles. The van der Waals surface area contributed by atoms with Gasteiger partial charge in [0.2, 0.25) is 0 Å². The molecule has 0 saturated carbocycles. The van der Waals surface area contributed by atoms with Gasteiger partial charge in [-0.1, -0.05) is 18.2 Å². The molecule has 3 aromatic rings. The second-order valence-electron chi connectivity index (χ2n) is 5.96. The Bertz CT molecular complexity index is 1220. The fourth-order valence-electron chi connectivity index (χ4n) is 2.90. The molecule has 8 heteroatoms. The number of hydrogen-bond acceptors (Lipinski definition) is 6. The van der Waals surface area contributed by atoms with Crippen LogP contribution < -0.4 is 20.8 Å². The van der Waals surface area contributed by atoms with Crippen molar-refractivity contribution in [2.75, 3.05) is 12.8 Å². The average Bonchev–Trinajstić information content (AvgIpc) is 2.72. The molecule has 0 unspecified atom stereocenters. The van der Waals surface area contributed by atoms with Crippen LogP contribution in [0, 0.1) is 28.5 Å². The molecule has 0 atom stereocenters. The molecule has 0 bridgehead atoms. The summed E-state index contributed by atoms with van der Waals surface area (Å²) in [5.74, 6) is -0.120. The second kappa shape index (κ2) is 8.15. The maximum absolute atomic E-state index is 13.8. The molecule has 1 heterocycles. The Hall–Kier alpha value is -4.30. The number of aromatic nitrogens is 1. The third kappa shape index (κ3) is 3.73. The molecule has 0 fully saturated rings. The van der Waals surface area contributed by atoms with Crippen LogP contribution >= 0.6 is 0 Å². The molecule has 0 amide bonds. The van der Waals surface area contributed by atoms with Gasteiger partial charge in [0.1, 0.15) is 41.4 Å². The van der Waals surface area contributed by atoms with E-state index in [1.54, 1.807) is 30.3 Å². The summed E-state index contributed by atoms with van der Waals surface area (Å²) in [4.78, 5) is 14.4. The van der Waals surface area contributed by atoms with Crippen LogP contribution in [-0.4, -0.2) is 12.1 Å². The number of ether oxygens (including phenoxy) is 2. The van der Waals surface area contributed by atoms with E-state index in [2.05, 4.69) is 4.98 Å². The number of nitriles is 2. The minimum Gasteiger partial charge on any atom is -0.496 e. The number of nitrogens with two attached hydrogens (primary N) is 1. The minimum atomic E-state index is -0.695. The Morgan fingerprint density at radius 2 is 1.83 bits per heavy atom. The van der Waals surface area contributed by atoms with Crippen molar-refractivity contribution in [3.8, 4) is 34.8 Å². The van der Waals surface area contributed by atoms with Gasteiger partial charge in [-0.2, -0.15) is 10.5 Å². The number of benzene rings is 2. The zero-order chi connectivity index (χ0) is 21.0. The third-order valence-electron chi connectivity index (χ3n) is 4.26. The van der Waals surface area contributed by atoms with Gasteiger partial charge in [0.15, 0.2) is 11.6 Å². The lowest BCUT2D eigenvalue weighted by Crippen LogP contribution is -2.16. The van der Waals surface area contributed by atoms with Crippen molar-refractivity contribution < 1.29 is 13.9 Å². The van der Waals surface area contributed by atoms with E-state index in [1.807, 2.05) is 12.1 Å². The summed E-state index contributed by atoms with van der Waals surface area (Å²) in [5, 5.41) is 18.9. The van der Waals surface area contributed by atoms with Crippen LogP contribution in [0.2, 0.25) is 0 Å². The summed E-state index contributed by atoms with van der Waals surface area (Å²) in [6.45, 7) is -0.0413. The van der Waals surface area contributed by atoms with Crippen LogP contribution in [0.25, 0.3) is 11.1 Å². The number of aromatic amines is 1. The van der Waals surface area contributed by atoms with Gasteiger partial charge >= 0.3 is 0 Å². The number of anilines is 1. The number of para-hydroxylation sites is 1. The third-order valence-corrected chi connectivity index (χ3v) is 4.26. The van der Waals surface area contributed by atoms with Crippen molar-refractivity contribution in [2.24, 2.45) is 0 Å². The smallest absolute Gasteiger partial charge is 0.268 e. The van der Waals surface area contributed by atoms with Crippen LogP contribution in [0.3, 0.4) is 0 Å². The lowest BCUT2D eigenvalue weighted by molar-refractivity contribution is 0.282. The first-order valence-corrected chi connectivity index (χ1v) is 8.40. The topological polar surface area (TPSA) is 125 Å². The molecule has 29 heavy (non-hydrogen) atoms. The van der Waals surface area contributed by atoms with E-state index in [-0.39, 0.29) is 34.9 Å². The zero-order valence-electron chi connectivity index (χ0n) is 15.3. The van der Waals surface area contributed by atoms with Crippen LogP contribution in [0.15, 0.2) is 47.3 Å². The van der Waals surface area contributed by atoms with E-state index in [1.165, 1.54) is 19.2 Å². The maximum Gasteiger partial charge on any atom is 0.268 e. The van der Waals surface area contributed by atoms with E-state index in [0.717, 1.165) is 0 Å². The van der Waals surface area contributed by atoms with E-state index in [4.69, 9.17) is 15.2 Å². The summed E-state index contributed by atoms with van der Waals surface area (Å²) in [5.41, 5.74) is 5.86. The monoisotopic (exact) mass is 390 g/mol. The van der Waals surface area contributed by atoms with Crippen LogP contribution in [0.4, 0.5) is 10.2 Å². The highest BCUT2D eigenvalue weighted by Crippen LogP contribution is 2.32. The standard InChI is InChI=1S/C21H15FN4O3/c1-28-17-7-6-12(8-13(17)11-29-18-5-3-2-4-16(18)22)19-14(9-23)20(25)26-21(27)15(19)10-24/h2-8H,11H2,1H3,(H3,25,26,27). The lowest BCUT2D eigenvalue weighted by Gasteiger charge is -2.14. The summed E-state index contributed by atoms with van der Waals surface area (Å²) in [7, 11) is 1.47. The number of halogens is 1. The number of rotatable bonds is 5. The highest BCUT2D eigenvalue weighted by atomic mass is 19.1. The van der Waals surface area contributed by atoms with Gasteiger partial charge in [0.25, 0.3) is 5.56 Å². The maximum atomic E-state index is 13.8. The number of hydrogen-bond donors (Lipinski definition) is 2. The molecule has 0 radical (unpaired) electrons. The summed E-state index contributed by atoms with van der Waals surface area (Å²) >= 11 is 0. The van der Waals surface area contributed by atoms with Gasteiger partial charge < -0.3 is 20.2 Å². The van der Waals surface area contributed by atoms with Crippen molar-refractivity contribution in [2.45, 2.75) is 6.61 Å². The van der Waals surface area contributed by atoms with E-state index in [9.17, 15) is 19.7 Å². The van der Waals surface area contributed by atoms with Crippen molar-refractivity contribution >= 4 is 5.82 Å². The number of nitrogens with zero attached hydrogens (tertiary/aromatic N) is 2. The van der Waals surface area contributed by atoms with Crippen molar-refractivity contribution in [1.82, 2.24) is 4.98 Å². The van der Waals surface area contributed by atoms with Gasteiger partial charge in [0.05, 0.1) is 7.11 Å². The quantitative estimate of drug-likeness (QED) is 0.690. The molecule has 3 N–H and O–H groups in total. The average molecular weight is 390 g/mol. The first-order chi connectivity index (χ1) is 14.0. The Kier molecular flexibility index (Phi) is 5.47. The molecule has 0 saturated heterocycles. The molecule has 2 aromatic carbocycles. The lowest BCUT2D eigenvalue weighted by atomic mass is 9.95. The van der Waals surface area contributed by atoms with Crippen molar-refractivity contribution in [3.63, 3.8) is 0 Å². The molecule has 144 valence electrons.